The predicted octanol–water partition coefficient (Wildman–Crippen LogP) is 4.94. The molecule has 2 aliphatic carbocycles. The van der Waals surface area contributed by atoms with Crippen LogP contribution < -0.4 is 5.32 Å². The van der Waals surface area contributed by atoms with Gasteiger partial charge in [0.1, 0.15) is 11.6 Å². The van der Waals surface area contributed by atoms with Crippen LogP contribution in [0.3, 0.4) is 0 Å². The topological polar surface area (TPSA) is 80.1 Å². The first-order valence-corrected chi connectivity index (χ1v) is 13.5. The Kier molecular flexibility index (Phi) is 6.94. The van der Waals surface area contributed by atoms with Crippen molar-refractivity contribution in [3.63, 3.8) is 0 Å². The fourth-order valence-electron chi connectivity index (χ4n) is 6.07. The molecule has 0 unspecified atom stereocenters. The van der Waals surface area contributed by atoms with Crippen molar-refractivity contribution in [2.45, 2.75) is 90.5 Å². The van der Waals surface area contributed by atoms with Gasteiger partial charge in [0.2, 0.25) is 11.8 Å². The molecule has 2 heterocycles. The van der Waals surface area contributed by atoms with E-state index in [1.807, 2.05) is 26.0 Å². The summed E-state index contributed by atoms with van der Waals surface area (Å²) in [5, 5.41) is 12.5. The van der Waals surface area contributed by atoms with Gasteiger partial charge in [0, 0.05) is 38.2 Å². The number of anilines is 1. The minimum absolute atomic E-state index is 0.00632. The summed E-state index contributed by atoms with van der Waals surface area (Å²) in [7, 11) is 0. The molecule has 2 saturated carbocycles. The van der Waals surface area contributed by atoms with Gasteiger partial charge in [-0.3, -0.25) is 9.59 Å². The van der Waals surface area contributed by atoms with E-state index >= 15 is 0 Å². The summed E-state index contributed by atoms with van der Waals surface area (Å²) >= 11 is 0. The van der Waals surface area contributed by atoms with Gasteiger partial charge >= 0.3 is 0 Å². The lowest BCUT2D eigenvalue weighted by molar-refractivity contribution is -0.128. The maximum Gasteiger partial charge on any atom is 0.230 e. The Morgan fingerprint density at radius 1 is 1.03 bits per heavy atom. The summed E-state index contributed by atoms with van der Waals surface area (Å²) in [5.41, 5.74) is 3.04. The van der Waals surface area contributed by atoms with Crippen molar-refractivity contribution in [2.24, 2.45) is 11.8 Å². The van der Waals surface area contributed by atoms with Gasteiger partial charge in [-0.25, -0.2) is 0 Å². The van der Waals surface area contributed by atoms with E-state index in [2.05, 4.69) is 26.1 Å². The lowest BCUT2D eigenvalue weighted by atomic mass is 9.86. The first-order valence-electron chi connectivity index (χ1n) is 13.5. The SMILES string of the molecule is CC(=O)N1C[C@H](C(=O)Nc2ccc(C)cc2C)[C@@H](c2nnc(CCC3CCCCC3)n2C2CC2)C1. The van der Waals surface area contributed by atoms with E-state index in [1.54, 1.807) is 11.8 Å². The van der Waals surface area contributed by atoms with Gasteiger partial charge < -0.3 is 14.8 Å². The summed E-state index contributed by atoms with van der Waals surface area (Å²) < 4.78 is 2.34. The van der Waals surface area contributed by atoms with Gasteiger partial charge in [-0.2, -0.15) is 0 Å². The molecule has 1 aliphatic heterocycles. The molecule has 2 atom stereocenters. The number of carbonyl (C=O) groups is 2. The first kappa shape index (κ1) is 24.0. The van der Waals surface area contributed by atoms with Gasteiger partial charge in [-0.05, 0) is 50.7 Å². The third-order valence-electron chi connectivity index (χ3n) is 8.28. The molecule has 3 fully saturated rings. The number of hydrogen-bond donors (Lipinski definition) is 1. The molecule has 3 aliphatic rings. The molecule has 7 nitrogen and oxygen atoms in total. The monoisotopic (exact) mass is 477 g/mol. The largest absolute Gasteiger partial charge is 0.341 e. The average Bonchev–Trinajstić information content (AvgIpc) is 3.43. The van der Waals surface area contributed by atoms with Crippen LogP contribution in [0.2, 0.25) is 0 Å². The lowest BCUT2D eigenvalue weighted by Gasteiger charge is -2.22. The Morgan fingerprint density at radius 3 is 2.49 bits per heavy atom. The molecule has 7 heteroatoms. The van der Waals surface area contributed by atoms with Crippen LogP contribution in [-0.2, 0) is 16.0 Å². The van der Waals surface area contributed by atoms with Crippen molar-refractivity contribution in [2.75, 3.05) is 18.4 Å². The van der Waals surface area contributed by atoms with Crippen LogP contribution in [0.4, 0.5) is 5.69 Å². The van der Waals surface area contributed by atoms with Gasteiger partial charge in [-0.15, -0.1) is 10.2 Å². The molecule has 35 heavy (non-hydrogen) atoms. The highest BCUT2D eigenvalue weighted by molar-refractivity contribution is 5.94. The Balaban J connectivity index is 1.38. The zero-order chi connectivity index (χ0) is 24.5. The van der Waals surface area contributed by atoms with Crippen LogP contribution in [0, 0.1) is 25.7 Å². The molecule has 0 spiro atoms. The van der Waals surface area contributed by atoms with Crippen molar-refractivity contribution in [1.82, 2.24) is 19.7 Å². The van der Waals surface area contributed by atoms with Gasteiger partial charge in [0.25, 0.3) is 0 Å². The predicted molar refractivity (Wildman–Crippen MR) is 136 cm³/mol. The van der Waals surface area contributed by atoms with Crippen molar-refractivity contribution < 1.29 is 9.59 Å². The Bertz CT molecular complexity index is 1080. The second kappa shape index (κ2) is 10.1. The van der Waals surface area contributed by atoms with Crippen LogP contribution in [0.15, 0.2) is 18.2 Å². The number of aryl methyl sites for hydroxylation is 3. The standard InChI is InChI=1S/C28H39N5O2/c1-18-9-13-25(19(2)15-18)29-28(35)24-17-32(20(3)34)16-23(24)27-31-30-26(33(27)22-11-12-22)14-10-21-7-5-4-6-8-21/h9,13,15,21-24H,4-8,10-12,14,16-17H2,1-3H3,(H,29,35)/t23-,24-/m0/s1. The fourth-order valence-corrected chi connectivity index (χ4v) is 6.07. The van der Waals surface area contributed by atoms with E-state index in [1.165, 1.54) is 44.1 Å². The molecule has 1 saturated heterocycles. The summed E-state index contributed by atoms with van der Waals surface area (Å²) in [6.07, 6.45) is 11.2. The van der Waals surface area contributed by atoms with Crippen LogP contribution in [0.1, 0.15) is 93.0 Å². The summed E-state index contributed by atoms with van der Waals surface area (Å²) in [6.45, 7) is 6.59. The Labute approximate surface area is 208 Å². The van der Waals surface area contributed by atoms with Gasteiger partial charge in [0.05, 0.1) is 11.8 Å². The number of rotatable bonds is 7. The highest BCUT2D eigenvalue weighted by Gasteiger charge is 2.44. The number of nitrogens with zero attached hydrogens (tertiary/aromatic N) is 4. The number of likely N-dealkylation sites (tertiary alicyclic amines) is 1. The van der Waals surface area contributed by atoms with E-state index in [0.717, 1.165) is 48.1 Å². The number of nitrogens with one attached hydrogen (secondary N) is 1. The van der Waals surface area contributed by atoms with E-state index in [9.17, 15) is 9.59 Å². The summed E-state index contributed by atoms with van der Waals surface area (Å²) in [4.78, 5) is 27.6. The van der Waals surface area contributed by atoms with Gasteiger partial charge in [0.15, 0.2) is 0 Å². The van der Waals surface area contributed by atoms with Crippen molar-refractivity contribution in [3.05, 3.63) is 41.0 Å². The second-order valence-corrected chi connectivity index (χ2v) is 11.1. The maximum atomic E-state index is 13.5. The lowest BCUT2D eigenvalue weighted by Crippen LogP contribution is -2.31. The normalized spacial score (nSPS) is 23.0. The number of aromatic nitrogens is 3. The number of benzene rings is 1. The minimum Gasteiger partial charge on any atom is -0.341 e. The van der Waals surface area contributed by atoms with Gasteiger partial charge in [-0.1, -0.05) is 49.8 Å². The third-order valence-corrected chi connectivity index (χ3v) is 8.28. The van der Waals surface area contributed by atoms with Crippen molar-refractivity contribution in [1.29, 1.82) is 0 Å². The van der Waals surface area contributed by atoms with Crippen LogP contribution in [0.5, 0.6) is 0 Å². The van der Waals surface area contributed by atoms with Crippen molar-refractivity contribution >= 4 is 17.5 Å². The third kappa shape index (κ3) is 5.29. The Hall–Kier alpha value is -2.70. The molecule has 188 valence electrons. The molecule has 0 radical (unpaired) electrons. The molecule has 0 bridgehead atoms. The second-order valence-electron chi connectivity index (χ2n) is 11.1. The molecule has 1 aromatic heterocycles. The minimum atomic E-state index is -0.340. The van der Waals surface area contributed by atoms with E-state index < -0.39 is 0 Å². The molecule has 2 aromatic rings. The highest BCUT2D eigenvalue weighted by Crippen LogP contribution is 2.42. The molecular formula is C28H39N5O2. The zero-order valence-corrected chi connectivity index (χ0v) is 21.4. The van der Waals surface area contributed by atoms with E-state index in [-0.39, 0.29) is 23.7 Å². The number of carbonyl (C=O) groups excluding carboxylic acids is 2. The Morgan fingerprint density at radius 2 is 1.80 bits per heavy atom. The maximum absolute atomic E-state index is 13.5. The quantitative estimate of drug-likeness (QED) is 0.612. The average molecular weight is 478 g/mol. The molecular weight excluding hydrogens is 438 g/mol. The van der Waals surface area contributed by atoms with E-state index in [4.69, 9.17) is 0 Å². The number of amides is 2. The molecule has 1 N–H and O–H groups in total. The zero-order valence-electron chi connectivity index (χ0n) is 21.4. The first-order chi connectivity index (χ1) is 16.9. The fraction of sp³-hybridized carbons (Fsp3) is 0.643. The van der Waals surface area contributed by atoms with Crippen LogP contribution in [0.25, 0.3) is 0 Å². The van der Waals surface area contributed by atoms with Crippen LogP contribution in [-0.4, -0.2) is 44.6 Å². The van der Waals surface area contributed by atoms with Crippen molar-refractivity contribution in [3.8, 4) is 0 Å². The smallest absolute Gasteiger partial charge is 0.230 e. The van der Waals surface area contributed by atoms with E-state index in [0.29, 0.717) is 19.1 Å². The van der Waals surface area contributed by atoms with Crippen LogP contribution >= 0.6 is 0 Å². The molecule has 5 rings (SSSR count). The highest BCUT2D eigenvalue weighted by atomic mass is 16.2. The summed E-state index contributed by atoms with van der Waals surface area (Å²) in [6, 6.07) is 6.49. The summed E-state index contributed by atoms with van der Waals surface area (Å²) in [5.74, 6) is 2.26. The number of hydrogen-bond acceptors (Lipinski definition) is 4. The molecule has 2 amide bonds. The molecule has 1 aromatic carbocycles.